The molecule has 0 unspecified atom stereocenters. The van der Waals surface area contributed by atoms with Crippen molar-refractivity contribution in [1.29, 1.82) is 0 Å². The Morgan fingerprint density at radius 1 is 1.75 bits per heavy atom. The van der Waals surface area contributed by atoms with Crippen molar-refractivity contribution in [1.82, 2.24) is 0 Å². The van der Waals surface area contributed by atoms with E-state index in [4.69, 9.17) is 4.42 Å². The number of rotatable bonds is 3. The lowest BCUT2D eigenvalue weighted by atomic mass is 10.3. The van der Waals surface area contributed by atoms with Gasteiger partial charge in [-0.25, -0.2) is 4.99 Å². The molecule has 0 aliphatic carbocycles. The molecular weight excluding hydrogens is 170 g/mol. The lowest BCUT2D eigenvalue weighted by Crippen LogP contribution is -1.67. The van der Waals surface area contributed by atoms with Crippen molar-refractivity contribution in [2.75, 3.05) is 6.26 Å². The number of thioether (sulfide) groups is 1. The fourth-order valence-electron chi connectivity index (χ4n) is 0.827. The fraction of sp³-hybridized carbons (Fsp3) is 0.222. The van der Waals surface area contributed by atoms with E-state index in [9.17, 15) is 0 Å². The zero-order valence-electron chi connectivity index (χ0n) is 7.20. The van der Waals surface area contributed by atoms with E-state index < -0.39 is 0 Å². The monoisotopic (exact) mass is 181 g/mol. The fourth-order valence-corrected chi connectivity index (χ4v) is 1.07. The van der Waals surface area contributed by atoms with Crippen LogP contribution >= 0.6 is 11.8 Å². The van der Waals surface area contributed by atoms with Crippen LogP contribution in [-0.2, 0) is 0 Å². The molecule has 0 atom stereocenters. The van der Waals surface area contributed by atoms with Crippen molar-refractivity contribution in [3.63, 3.8) is 0 Å². The average molecular weight is 181 g/mol. The predicted molar refractivity (Wildman–Crippen MR) is 55.1 cm³/mol. The Kier molecular flexibility index (Phi) is 3.17. The molecule has 12 heavy (non-hydrogen) atoms. The first-order valence-electron chi connectivity index (χ1n) is 3.54. The molecule has 0 aromatic carbocycles. The van der Waals surface area contributed by atoms with Gasteiger partial charge >= 0.3 is 0 Å². The molecule has 0 saturated heterocycles. The van der Waals surface area contributed by atoms with Crippen LogP contribution in [-0.4, -0.2) is 13.0 Å². The maximum absolute atomic E-state index is 5.08. The summed E-state index contributed by atoms with van der Waals surface area (Å²) in [5.74, 6) is 0.586. The minimum absolute atomic E-state index is 0.586. The van der Waals surface area contributed by atoms with Crippen LogP contribution in [0.5, 0.6) is 0 Å². The van der Waals surface area contributed by atoms with Gasteiger partial charge in [-0.15, -0.1) is 11.8 Å². The van der Waals surface area contributed by atoms with Crippen LogP contribution < -0.4 is 0 Å². The first kappa shape index (κ1) is 9.13. The summed E-state index contributed by atoms with van der Waals surface area (Å²) in [4.78, 5) is 4.97. The third-order valence-corrected chi connectivity index (χ3v) is 2.26. The Bertz CT molecular complexity index is 301. The molecule has 1 heterocycles. The molecule has 0 bridgehead atoms. The van der Waals surface area contributed by atoms with Crippen LogP contribution in [0.15, 0.2) is 26.6 Å². The van der Waals surface area contributed by atoms with Gasteiger partial charge in [0.25, 0.3) is 0 Å². The molecule has 64 valence electrons. The third-order valence-electron chi connectivity index (χ3n) is 1.50. The van der Waals surface area contributed by atoms with Gasteiger partial charge in [-0.2, -0.15) is 0 Å². The van der Waals surface area contributed by atoms with Crippen molar-refractivity contribution in [2.24, 2.45) is 4.99 Å². The summed E-state index contributed by atoms with van der Waals surface area (Å²) in [5, 5.41) is 0. The van der Waals surface area contributed by atoms with Gasteiger partial charge < -0.3 is 4.42 Å². The summed E-state index contributed by atoms with van der Waals surface area (Å²) in [6.45, 7) is 5.46. The van der Waals surface area contributed by atoms with E-state index in [0.717, 1.165) is 5.56 Å². The summed E-state index contributed by atoms with van der Waals surface area (Å²) >= 11 is 1.70. The van der Waals surface area contributed by atoms with E-state index in [1.54, 1.807) is 18.0 Å². The molecule has 1 aromatic heterocycles. The second kappa shape index (κ2) is 4.16. The Hall–Kier alpha value is -0.960. The predicted octanol–water partition coefficient (Wildman–Crippen LogP) is 3.34. The summed E-state index contributed by atoms with van der Waals surface area (Å²) < 4.78 is 5.08. The van der Waals surface area contributed by atoms with Crippen LogP contribution in [0.4, 0.5) is 5.88 Å². The molecule has 0 fully saturated rings. The molecule has 3 heteroatoms. The van der Waals surface area contributed by atoms with Crippen molar-refractivity contribution in [3.8, 4) is 0 Å². The first-order valence-corrected chi connectivity index (χ1v) is 4.77. The van der Waals surface area contributed by atoms with Crippen LogP contribution in [0.1, 0.15) is 12.5 Å². The number of nitrogens with zero attached hydrogens (tertiary/aromatic N) is 1. The Labute approximate surface area is 76.4 Å². The molecular formula is C9H11NOS. The zero-order chi connectivity index (χ0) is 8.97. The SMILES string of the molecule is C=Nc1occc1/C=C(\C)SC. The Morgan fingerprint density at radius 2 is 2.50 bits per heavy atom. The molecule has 0 spiro atoms. The standard InChI is InChI=1S/C9H11NOS/c1-7(12-3)6-8-4-5-11-9(8)10-2/h4-6H,2H2,1,3H3/b7-6+. The van der Waals surface area contributed by atoms with Crippen LogP contribution in [0.25, 0.3) is 6.08 Å². The van der Waals surface area contributed by atoms with Gasteiger partial charge in [-0.1, -0.05) is 0 Å². The second-order valence-corrected chi connectivity index (χ2v) is 3.35. The molecule has 0 aliphatic rings. The Morgan fingerprint density at radius 3 is 3.08 bits per heavy atom. The van der Waals surface area contributed by atoms with E-state index in [2.05, 4.69) is 11.7 Å². The van der Waals surface area contributed by atoms with Crippen LogP contribution in [0.2, 0.25) is 0 Å². The highest BCUT2D eigenvalue weighted by atomic mass is 32.2. The quantitative estimate of drug-likeness (QED) is 0.668. The minimum Gasteiger partial charge on any atom is -0.446 e. The summed E-state index contributed by atoms with van der Waals surface area (Å²) in [5.41, 5.74) is 0.983. The largest absolute Gasteiger partial charge is 0.446 e. The van der Waals surface area contributed by atoms with Crippen molar-refractivity contribution in [2.45, 2.75) is 6.92 Å². The topological polar surface area (TPSA) is 25.5 Å². The molecule has 1 aromatic rings. The maximum atomic E-state index is 5.08. The van der Waals surface area contributed by atoms with Crippen molar-refractivity contribution < 1.29 is 4.42 Å². The molecule has 0 saturated carbocycles. The molecule has 0 aliphatic heterocycles. The maximum Gasteiger partial charge on any atom is 0.225 e. The number of hydrogen-bond donors (Lipinski definition) is 0. The smallest absolute Gasteiger partial charge is 0.225 e. The summed E-state index contributed by atoms with van der Waals surface area (Å²) in [7, 11) is 0. The van der Waals surface area contributed by atoms with E-state index in [1.807, 2.05) is 25.3 Å². The first-order chi connectivity index (χ1) is 5.77. The van der Waals surface area contributed by atoms with Gasteiger partial charge in [0, 0.05) is 5.56 Å². The van der Waals surface area contributed by atoms with E-state index >= 15 is 0 Å². The van der Waals surface area contributed by atoms with Gasteiger partial charge in [0.05, 0.1) is 6.26 Å². The molecule has 0 amide bonds. The van der Waals surface area contributed by atoms with Gasteiger partial charge in [-0.3, -0.25) is 0 Å². The van der Waals surface area contributed by atoms with Gasteiger partial charge in [0.15, 0.2) is 0 Å². The van der Waals surface area contributed by atoms with Gasteiger partial charge in [0.1, 0.15) is 0 Å². The van der Waals surface area contributed by atoms with Crippen molar-refractivity contribution in [3.05, 3.63) is 22.8 Å². The number of furan rings is 1. The zero-order valence-corrected chi connectivity index (χ0v) is 8.02. The van der Waals surface area contributed by atoms with E-state index in [-0.39, 0.29) is 0 Å². The second-order valence-electron chi connectivity index (χ2n) is 2.30. The number of aliphatic imine (C=N–C) groups is 1. The van der Waals surface area contributed by atoms with Crippen LogP contribution in [0, 0.1) is 0 Å². The highest BCUT2D eigenvalue weighted by Crippen LogP contribution is 2.24. The molecule has 1 rings (SSSR count). The normalized spacial score (nSPS) is 11.7. The third kappa shape index (κ3) is 2.01. The lowest BCUT2D eigenvalue weighted by Gasteiger charge is -1.93. The van der Waals surface area contributed by atoms with E-state index in [0.29, 0.717) is 5.88 Å². The summed E-state index contributed by atoms with van der Waals surface area (Å²) in [6, 6.07) is 1.88. The summed E-state index contributed by atoms with van der Waals surface area (Å²) in [6.07, 6.45) is 5.68. The Balaban J connectivity index is 2.95. The number of allylic oxidation sites excluding steroid dienone is 1. The average Bonchev–Trinajstić information content (AvgIpc) is 2.51. The van der Waals surface area contributed by atoms with Crippen molar-refractivity contribution >= 4 is 30.4 Å². The van der Waals surface area contributed by atoms with E-state index in [1.165, 1.54) is 4.91 Å². The lowest BCUT2D eigenvalue weighted by molar-refractivity contribution is 0.578. The van der Waals surface area contributed by atoms with Gasteiger partial charge in [-0.05, 0) is 36.9 Å². The number of hydrogen-bond acceptors (Lipinski definition) is 3. The van der Waals surface area contributed by atoms with Gasteiger partial charge in [0.2, 0.25) is 5.88 Å². The molecule has 0 radical (unpaired) electrons. The molecule has 0 N–H and O–H groups in total. The van der Waals surface area contributed by atoms with Crippen LogP contribution in [0.3, 0.4) is 0 Å². The minimum atomic E-state index is 0.586. The molecule has 2 nitrogen and oxygen atoms in total. The highest BCUT2D eigenvalue weighted by Gasteiger charge is 2.00. The highest BCUT2D eigenvalue weighted by molar-refractivity contribution is 8.02.